The van der Waals surface area contributed by atoms with Crippen molar-refractivity contribution in [1.29, 1.82) is 0 Å². The Hall–Kier alpha value is -2.67. The maximum absolute atomic E-state index is 14.2. The number of halogens is 4. The lowest BCUT2D eigenvalue weighted by Crippen LogP contribution is -2.50. The number of aliphatic hydroxyl groups is 1. The van der Waals surface area contributed by atoms with E-state index in [-0.39, 0.29) is 41.1 Å². The predicted molar refractivity (Wildman–Crippen MR) is 113 cm³/mol. The normalized spacial score (nSPS) is 16.7. The Kier molecular flexibility index (Phi) is 5.35. The zero-order valence-corrected chi connectivity index (χ0v) is 18.7. The van der Waals surface area contributed by atoms with Gasteiger partial charge in [-0.3, -0.25) is 4.40 Å². The van der Waals surface area contributed by atoms with E-state index in [0.29, 0.717) is 16.3 Å². The van der Waals surface area contributed by atoms with Gasteiger partial charge in [0.25, 0.3) is 5.92 Å². The molecule has 1 unspecified atom stereocenters. The van der Waals surface area contributed by atoms with Gasteiger partial charge in [-0.15, -0.1) is 16.4 Å². The molecule has 1 aliphatic rings. The molecule has 0 amide bonds. The first-order valence-corrected chi connectivity index (χ1v) is 11.0. The van der Waals surface area contributed by atoms with E-state index in [2.05, 4.69) is 15.3 Å². The number of rotatable bonds is 7. The topological polar surface area (TPSA) is 86.7 Å². The van der Waals surface area contributed by atoms with Crippen molar-refractivity contribution in [2.24, 2.45) is 0 Å². The molecule has 3 aromatic heterocycles. The lowest BCUT2D eigenvalue weighted by molar-refractivity contribution is -0.146. The largest absolute Gasteiger partial charge is 0.488 e. The number of imidazole rings is 1. The molecule has 0 radical (unpaired) electrons. The van der Waals surface area contributed by atoms with Crippen molar-refractivity contribution in [1.82, 2.24) is 24.4 Å². The van der Waals surface area contributed by atoms with Crippen LogP contribution in [-0.4, -0.2) is 55.0 Å². The van der Waals surface area contributed by atoms with Crippen LogP contribution in [0.4, 0.5) is 13.2 Å². The summed E-state index contributed by atoms with van der Waals surface area (Å²) in [5.74, 6) is -2.87. The van der Waals surface area contributed by atoms with Crippen LogP contribution in [0.15, 0.2) is 36.9 Å². The average Bonchev–Trinajstić information content (AvgIpc) is 3.46. The summed E-state index contributed by atoms with van der Waals surface area (Å²) in [5, 5.41) is 19.0. The second kappa shape index (κ2) is 7.97. The maximum atomic E-state index is 14.2. The molecule has 0 bridgehead atoms. The molecule has 5 rings (SSSR count). The Labute approximate surface area is 194 Å². The van der Waals surface area contributed by atoms with Crippen LogP contribution in [-0.2, 0) is 10.7 Å². The number of hydrogen-bond donors (Lipinski definition) is 1. The van der Waals surface area contributed by atoms with E-state index in [4.69, 9.17) is 21.1 Å². The van der Waals surface area contributed by atoms with Gasteiger partial charge in [0.1, 0.15) is 35.3 Å². The number of fused-ring (bicyclic) bond motifs is 1. The molecule has 13 heteroatoms. The second-order valence-electron chi connectivity index (χ2n) is 7.84. The van der Waals surface area contributed by atoms with Crippen LogP contribution in [0.2, 0.25) is 5.02 Å². The maximum Gasteiger partial charge on any atom is 0.281 e. The van der Waals surface area contributed by atoms with Crippen LogP contribution < -0.4 is 4.74 Å². The van der Waals surface area contributed by atoms with Crippen LogP contribution >= 0.6 is 22.9 Å². The molecule has 1 N–H and O–H groups in total. The van der Waals surface area contributed by atoms with E-state index in [0.717, 1.165) is 18.3 Å². The molecule has 0 spiro atoms. The van der Waals surface area contributed by atoms with Crippen molar-refractivity contribution in [2.75, 3.05) is 19.8 Å². The van der Waals surface area contributed by atoms with Gasteiger partial charge in [0.05, 0.1) is 46.9 Å². The smallest absolute Gasteiger partial charge is 0.281 e. The first-order chi connectivity index (χ1) is 15.6. The van der Waals surface area contributed by atoms with Gasteiger partial charge in [0.15, 0.2) is 5.67 Å². The number of ether oxygens (including phenoxy) is 2. The molecule has 0 aliphatic carbocycles. The Balaban J connectivity index is 1.40. The van der Waals surface area contributed by atoms with Crippen LogP contribution in [0, 0.1) is 0 Å². The summed E-state index contributed by atoms with van der Waals surface area (Å²) in [7, 11) is 0. The minimum atomic E-state index is -3.16. The number of thiazole rings is 1. The summed E-state index contributed by atoms with van der Waals surface area (Å²) >= 11 is 7.11. The molecule has 4 heterocycles. The first kappa shape index (κ1) is 22.1. The minimum absolute atomic E-state index is 0.0195. The molecule has 1 fully saturated rings. The summed E-state index contributed by atoms with van der Waals surface area (Å²) in [5.41, 5.74) is -0.988. The summed E-state index contributed by atoms with van der Waals surface area (Å²) in [6.07, 6.45) is 2.75. The Morgan fingerprint density at radius 3 is 2.85 bits per heavy atom. The predicted octanol–water partition coefficient (Wildman–Crippen LogP) is 3.94. The van der Waals surface area contributed by atoms with E-state index in [1.54, 1.807) is 12.1 Å². The standard InChI is InChI=1S/C20H17ClF3N5O3S/c1-19(22,23)18-16(28-10-25-5-15(28)33-18)17(30)13-6-29(27-26-13)11-2-3-14(12(21)4-11)32-9-20(24)7-31-8-20/h2-6,10,17,30H,7-9H2,1H3. The quantitative estimate of drug-likeness (QED) is 0.414. The number of aliphatic hydroxyl groups excluding tert-OH is 1. The lowest BCUT2D eigenvalue weighted by atomic mass is 10.1. The summed E-state index contributed by atoms with van der Waals surface area (Å²) in [4.78, 5) is 4.14. The number of hydrogen-bond acceptors (Lipinski definition) is 7. The van der Waals surface area contributed by atoms with E-state index < -0.39 is 17.7 Å². The van der Waals surface area contributed by atoms with Gasteiger partial charge in [-0.25, -0.2) is 22.8 Å². The molecular weight excluding hydrogens is 483 g/mol. The van der Waals surface area contributed by atoms with Gasteiger partial charge in [0.2, 0.25) is 0 Å². The van der Waals surface area contributed by atoms with Crippen molar-refractivity contribution in [3.8, 4) is 11.4 Å². The fraction of sp³-hybridized carbons (Fsp3) is 0.350. The molecule has 8 nitrogen and oxygen atoms in total. The molecule has 1 aliphatic heterocycles. The highest BCUT2D eigenvalue weighted by molar-refractivity contribution is 7.17. The third-order valence-electron chi connectivity index (χ3n) is 5.14. The van der Waals surface area contributed by atoms with E-state index in [1.165, 1.54) is 33.9 Å². The van der Waals surface area contributed by atoms with E-state index >= 15 is 0 Å². The van der Waals surface area contributed by atoms with Crippen molar-refractivity contribution in [3.63, 3.8) is 0 Å². The van der Waals surface area contributed by atoms with Crippen molar-refractivity contribution in [3.05, 3.63) is 58.2 Å². The molecule has 1 atom stereocenters. The van der Waals surface area contributed by atoms with Crippen molar-refractivity contribution in [2.45, 2.75) is 24.6 Å². The van der Waals surface area contributed by atoms with Gasteiger partial charge < -0.3 is 14.6 Å². The number of aromatic nitrogens is 5. The molecule has 1 saturated heterocycles. The van der Waals surface area contributed by atoms with Crippen LogP contribution in [0.3, 0.4) is 0 Å². The van der Waals surface area contributed by atoms with Crippen LogP contribution in [0.5, 0.6) is 5.75 Å². The van der Waals surface area contributed by atoms with Crippen LogP contribution in [0.1, 0.15) is 29.3 Å². The highest BCUT2D eigenvalue weighted by Crippen LogP contribution is 2.40. The third kappa shape index (κ3) is 4.07. The Morgan fingerprint density at radius 2 is 2.18 bits per heavy atom. The monoisotopic (exact) mass is 499 g/mol. The van der Waals surface area contributed by atoms with E-state index in [1.807, 2.05) is 0 Å². The number of benzene rings is 1. The Bertz CT molecular complexity index is 1310. The third-order valence-corrected chi connectivity index (χ3v) is 6.72. The molecule has 174 valence electrons. The minimum Gasteiger partial charge on any atom is -0.488 e. The molecule has 0 saturated carbocycles. The summed E-state index contributed by atoms with van der Waals surface area (Å²) < 4.78 is 55.5. The average molecular weight is 500 g/mol. The molecule has 4 aromatic rings. The van der Waals surface area contributed by atoms with E-state index in [9.17, 15) is 18.3 Å². The second-order valence-corrected chi connectivity index (χ2v) is 9.28. The van der Waals surface area contributed by atoms with Gasteiger partial charge >= 0.3 is 0 Å². The summed E-state index contributed by atoms with van der Waals surface area (Å²) in [6.45, 7) is 0.550. The SMILES string of the molecule is CC(F)(F)c1sc2cncn2c1C(O)c1cn(-c2ccc(OCC3(F)COC3)c(Cl)c2)nn1. The highest BCUT2D eigenvalue weighted by atomic mass is 35.5. The summed E-state index contributed by atoms with van der Waals surface area (Å²) in [6, 6.07) is 4.72. The zero-order valence-electron chi connectivity index (χ0n) is 17.1. The molecular formula is C20H17ClF3N5O3S. The fourth-order valence-electron chi connectivity index (χ4n) is 3.41. The van der Waals surface area contributed by atoms with Gasteiger partial charge in [0, 0.05) is 6.92 Å². The van der Waals surface area contributed by atoms with Gasteiger partial charge in [-0.2, -0.15) is 0 Å². The molecule has 33 heavy (non-hydrogen) atoms. The van der Waals surface area contributed by atoms with Gasteiger partial charge in [-0.05, 0) is 18.2 Å². The molecule has 1 aromatic carbocycles. The number of nitrogens with zero attached hydrogens (tertiary/aromatic N) is 5. The van der Waals surface area contributed by atoms with Gasteiger partial charge in [-0.1, -0.05) is 16.8 Å². The fourth-order valence-corrected chi connectivity index (χ4v) is 4.70. The number of alkyl halides is 3. The first-order valence-electron chi connectivity index (χ1n) is 9.77. The highest BCUT2D eigenvalue weighted by Gasteiger charge is 2.40. The van der Waals surface area contributed by atoms with Crippen molar-refractivity contribution >= 4 is 27.8 Å². The van der Waals surface area contributed by atoms with Crippen molar-refractivity contribution < 1.29 is 27.8 Å². The zero-order chi connectivity index (χ0) is 23.4. The Morgan fingerprint density at radius 1 is 1.39 bits per heavy atom. The lowest BCUT2D eigenvalue weighted by Gasteiger charge is -2.33. The van der Waals surface area contributed by atoms with Crippen LogP contribution in [0.25, 0.3) is 10.5 Å².